The quantitative estimate of drug-likeness (QED) is 0.557. The van der Waals surface area contributed by atoms with Crippen molar-refractivity contribution in [3.8, 4) is 5.75 Å². The zero-order valence-corrected chi connectivity index (χ0v) is 14.0. The Kier molecular flexibility index (Phi) is 5.03. The second-order valence-electron chi connectivity index (χ2n) is 6.54. The van der Waals surface area contributed by atoms with E-state index in [1.807, 2.05) is 30.3 Å². The van der Waals surface area contributed by atoms with Crippen molar-refractivity contribution in [1.82, 2.24) is 0 Å². The lowest BCUT2D eigenvalue weighted by molar-refractivity contribution is -0.138. The zero-order chi connectivity index (χ0) is 17.8. The van der Waals surface area contributed by atoms with Crippen molar-refractivity contribution in [1.29, 1.82) is 5.41 Å². The molecule has 25 heavy (non-hydrogen) atoms. The van der Waals surface area contributed by atoms with Gasteiger partial charge in [-0.3, -0.25) is 10.2 Å². The maximum atomic E-state index is 10.9. The van der Waals surface area contributed by atoms with E-state index in [0.29, 0.717) is 12.2 Å². The normalized spacial score (nSPS) is 16.1. The number of nitrogens with one attached hydrogen (secondary N) is 1. The van der Waals surface area contributed by atoms with Crippen LogP contribution in [0.3, 0.4) is 0 Å². The molecule has 0 spiro atoms. The number of carbonyl (C=O) groups is 1. The number of carboxylic acids is 1. The number of amidine groups is 1. The summed E-state index contributed by atoms with van der Waals surface area (Å²) >= 11 is 0. The molecular weight excluding hydrogens is 316 g/mol. The molecule has 5 heteroatoms. The third-order valence-electron chi connectivity index (χ3n) is 4.64. The third-order valence-corrected chi connectivity index (χ3v) is 4.64. The van der Waals surface area contributed by atoms with E-state index in [-0.39, 0.29) is 18.2 Å². The van der Waals surface area contributed by atoms with E-state index in [2.05, 4.69) is 12.1 Å². The van der Waals surface area contributed by atoms with Crippen LogP contribution in [0.4, 0.5) is 0 Å². The molecule has 0 saturated heterocycles. The van der Waals surface area contributed by atoms with E-state index in [4.69, 9.17) is 21.0 Å². The summed E-state index contributed by atoms with van der Waals surface area (Å²) in [7, 11) is 0. The molecule has 2 aromatic carbocycles. The number of aryl methyl sites for hydroxylation is 1. The van der Waals surface area contributed by atoms with Gasteiger partial charge in [0.25, 0.3) is 0 Å². The van der Waals surface area contributed by atoms with Gasteiger partial charge in [-0.25, -0.2) is 0 Å². The molecule has 0 fully saturated rings. The summed E-state index contributed by atoms with van der Waals surface area (Å²) < 4.78 is 5.87. The molecule has 0 aromatic heterocycles. The molecule has 0 bridgehead atoms. The molecule has 1 aliphatic rings. The zero-order valence-electron chi connectivity index (χ0n) is 14.0. The molecule has 0 heterocycles. The van der Waals surface area contributed by atoms with Gasteiger partial charge in [-0.1, -0.05) is 30.3 Å². The lowest BCUT2D eigenvalue weighted by atomic mass is 9.82. The van der Waals surface area contributed by atoms with E-state index in [0.717, 1.165) is 30.6 Å². The molecule has 4 N–H and O–H groups in total. The Morgan fingerprint density at radius 2 is 1.96 bits per heavy atom. The Balaban J connectivity index is 1.61. The van der Waals surface area contributed by atoms with Gasteiger partial charge in [0.05, 0.1) is 0 Å². The first-order valence-electron chi connectivity index (χ1n) is 8.41. The van der Waals surface area contributed by atoms with Crippen molar-refractivity contribution < 1.29 is 14.6 Å². The smallest absolute Gasteiger partial charge is 0.303 e. The number of aliphatic carboxylic acids is 1. The SMILES string of the molecule is N=C(N)c1ccc(COc2ccc3c(c2)CCC(CC(=O)O)C3)cc1. The molecular formula is C20H22N2O3. The molecule has 1 aliphatic carbocycles. The van der Waals surface area contributed by atoms with Crippen molar-refractivity contribution in [3.05, 3.63) is 64.7 Å². The second kappa shape index (κ2) is 7.38. The summed E-state index contributed by atoms with van der Waals surface area (Å²) in [6, 6.07) is 13.5. The predicted octanol–water partition coefficient (Wildman–Crippen LogP) is 3.13. The Morgan fingerprint density at radius 3 is 2.64 bits per heavy atom. The molecule has 5 nitrogen and oxygen atoms in total. The molecule has 0 radical (unpaired) electrons. The standard InChI is InChI=1S/C20H22N2O3/c21-20(22)15-4-1-13(2-5-15)12-25-18-8-7-16-9-14(10-19(23)24)3-6-17(16)11-18/h1-2,4-5,7-8,11,14H,3,6,9-10,12H2,(H3,21,22)(H,23,24). The van der Waals surface area contributed by atoms with Gasteiger partial charge in [0.2, 0.25) is 0 Å². The predicted molar refractivity (Wildman–Crippen MR) is 96.0 cm³/mol. The molecule has 1 unspecified atom stereocenters. The highest BCUT2D eigenvalue weighted by Crippen LogP contribution is 2.30. The van der Waals surface area contributed by atoms with Gasteiger partial charge in [0, 0.05) is 12.0 Å². The number of nitrogens with two attached hydrogens (primary N) is 1. The van der Waals surface area contributed by atoms with Crippen LogP contribution in [-0.4, -0.2) is 16.9 Å². The monoisotopic (exact) mass is 338 g/mol. The summed E-state index contributed by atoms with van der Waals surface area (Å²) in [6.45, 7) is 0.457. The number of carboxylic acid groups (broad SMARTS) is 1. The van der Waals surface area contributed by atoms with Crippen LogP contribution in [-0.2, 0) is 24.2 Å². The molecule has 0 amide bonds. The second-order valence-corrected chi connectivity index (χ2v) is 6.54. The number of nitrogen functional groups attached to an aromatic ring is 1. The summed E-state index contributed by atoms with van der Waals surface area (Å²) in [6.07, 6.45) is 2.88. The number of benzene rings is 2. The summed E-state index contributed by atoms with van der Waals surface area (Å²) in [5, 5.41) is 16.3. The average molecular weight is 338 g/mol. The first kappa shape index (κ1) is 17.0. The molecule has 1 atom stereocenters. The van der Waals surface area contributed by atoms with Crippen LogP contribution in [0, 0.1) is 11.3 Å². The fraction of sp³-hybridized carbons (Fsp3) is 0.300. The van der Waals surface area contributed by atoms with Crippen LogP contribution < -0.4 is 10.5 Å². The fourth-order valence-corrected chi connectivity index (χ4v) is 3.27. The maximum Gasteiger partial charge on any atom is 0.303 e. The summed E-state index contributed by atoms with van der Waals surface area (Å²) in [4.78, 5) is 10.9. The van der Waals surface area contributed by atoms with Crippen LogP contribution in [0.25, 0.3) is 0 Å². The lowest BCUT2D eigenvalue weighted by Gasteiger charge is -2.24. The van der Waals surface area contributed by atoms with Gasteiger partial charge in [0.1, 0.15) is 18.2 Å². The minimum absolute atomic E-state index is 0.0587. The van der Waals surface area contributed by atoms with Crippen LogP contribution in [0.1, 0.15) is 35.1 Å². The summed E-state index contributed by atoms with van der Waals surface area (Å²) in [5.41, 5.74) is 9.66. The first-order chi connectivity index (χ1) is 12.0. The first-order valence-corrected chi connectivity index (χ1v) is 8.41. The van der Waals surface area contributed by atoms with E-state index in [1.54, 1.807) is 0 Å². The molecule has 130 valence electrons. The van der Waals surface area contributed by atoms with E-state index in [1.165, 1.54) is 11.1 Å². The minimum Gasteiger partial charge on any atom is -0.489 e. The van der Waals surface area contributed by atoms with Gasteiger partial charge in [-0.05, 0) is 54.0 Å². The van der Waals surface area contributed by atoms with E-state index in [9.17, 15) is 4.79 Å². The average Bonchev–Trinajstić information content (AvgIpc) is 2.59. The van der Waals surface area contributed by atoms with Crippen LogP contribution in [0.15, 0.2) is 42.5 Å². The van der Waals surface area contributed by atoms with Gasteiger partial charge in [-0.15, -0.1) is 0 Å². The molecule has 2 aromatic rings. The van der Waals surface area contributed by atoms with Crippen LogP contribution in [0.2, 0.25) is 0 Å². The largest absolute Gasteiger partial charge is 0.489 e. The Morgan fingerprint density at radius 1 is 1.20 bits per heavy atom. The topological polar surface area (TPSA) is 96.4 Å². The third kappa shape index (κ3) is 4.38. The Hall–Kier alpha value is -2.82. The summed E-state index contributed by atoms with van der Waals surface area (Å²) in [5.74, 6) is 0.398. The van der Waals surface area contributed by atoms with Gasteiger partial charge >= 0.3 is 5.97 Å². The van der Waals surface area contributed by atoms with Gasteiger partial charge in [-0.2, -0.15) is 0 Å². The van der Waals surface area contributed by atoms with Crippen molar-refractivity contribution in [2.75, 3.05) is 0 Å². The highest BCUT2D eigenvalue weighted by Gasteiger charge is 2.21. The molecule has 3 rings (SSSR count). The number of rotatable bonds is 6. The number of fused-ring (bicyclic) bond motifs is 1. The van der Waals surface area contributed by atoms with Crippen molar-refractivity contribution in [3.63, 3.8) is 0 Å². The van der Waals surface area contributed by atoms with E-state index < -0.39 is 5.97 Å². The number of hydrogen-bond acceptors (Lipinski definition) is 3. The fourth-order valence-electron chi connectivity index (χ4n) is 3.27. The van der Waals surface area contributed by atoms with Crippen molar-refractivity contribution >= 4 is 11.8 Å². The lowest BCUT2D eigenvalue weighted by Crippen LogP contribution is -2.17. The molecule has 0 aliphatic heterocycles. The van der Waals surface area contributed by atoms with Crippen molar-refractivity contribution in [2.24, 2.45) is 11.7 Å². The Bertz CT molecular complexity index is 784. The maximum absolute atomic E-state index is 10.9. The van der Waals surface area contributed by atoms with E-state index >= 15 is 0 Å². The van der Waals surface area contributed by atoms with Gasteiger partial charge in [0.15, 0.2) is 0 Å². The Labute approximate surface area is 146 Å². The highest BCUT2D eigenvalue weighted by atomic mass is 16.5. The van der Waals surface area contributed by atoms with Crippen molar-refractivity contribution in [2.45, 2.75) is 32.3 Å². The van der Waals surface area contributed by atoms with Crippen LogP contribution in [0.5, 0.6) is 5.75 Å². The minimum atomic E-state index is -0.718. The highest BCUT2D eigenvalue weighted by molar-refractivity contribution is 5.94. The number of hydrogen-bond donors (Lipinski definition) is 3. The number of ether oxygens (including phenoxy) is 1. The molecule has 0 saturated carbocycles. The van der Waals surface area contributed by atoms with Crippen LogP contribution >= 0.6 is 0 Å². The van der Waals surface area contributed by atoms with Gasteiger partial charge < -0.3 is 15.6 Å².